The lowest BCUT2D eigenvalue weighted by molar-refractivity contribution is -0.120. The van der Waals surface area contributed by atoms with E-state index in [2.05, 4.69) is 19.1 Å². The minimum atomic E-state index is -3.85. The van der Waals surface area contributed by atoms with Crippen LogP contribution < -0.4 is 0 Å². The van der Waals surface area contributed by atoms with Gasteiger partial charge in [0, 0.05) is 17.8 Å². The van der Waals surface area contributed by atoms with Crippen molar-refractivity contribution < 1.29 is 22.1 Å². The molecule has 5 nitrogen and oxygen atoms in total. The molecule has 6 rings (SSSR count). The maximum Gasteiger partial charge on any atom is 0.296 e. The van der Waals surface area contributed by atoms with E-state index in [9.17, 15) is 13.2 Å². The smallest absolute Gasteiger partial charge is 0.296 e. The van der Waals surface area contributed by atoms with Crippen molar-refractivity contribution in [2.24, 2.45) is 35.0 Å². The molecule has 0 amide bonds. The number of fused-ring (bicyclic) bond motifs is 6. The minimum Gasteiger partial charge on any atom is -0.366 e. The number of benzene rings is 1. The summed E-state index contributed by atoms with van der Waals surface area (Å²) in [4.78, 5) is 12.6. The van der Waals surface area contributed by atoms with E-state index in [1.54, 1.807) is 24.3 Å². The maximum absolute atomic E-state index is 13.0. The monoisotopic (exact) mass is 496 g/mol. The maximum atomic E-state index is 13.0. The van der Waals surface area contributed by atoms with Gasteiger partial charge in [-0.05, 0) is 87.3 Å². The van der Waals surface area contributed by atoms with Crippen LogP contribution in [0, 0.1) is 41.9 Å². The van der Waals surface area contributed by atoms with Crippen molar-refractivity contribution in [1.29, 1.82) is 0 Å². The van der Waals surface area contributed by atoms with Crippen LogP contribution in [0.5, 0.6) is 0 Å². The van der Waals surface area contributed by atoms with E-state index < -0.39 is 10.1 Å². The Morgan fingerprint density at radius 1 is 1.09 bits per heavy atom. The number of carbonyl (C=O) groups is 1. The van der Waals surface area contributed by atoms with Crippen molar-refractivity contribution in [3.05, 3.63) is 53.6 Å². The van der Waals surface area contributed by atoms with Crippen LogP contribution in [-0.2, 0) is 23.8 Å². The Kier molecular flexibility index (Phi) is 5.66. The van der Waals surface area contributed by atoms with Crippen LogP contribution in [0.15, 0.2) is 53.0 Å². The van der Waals surface area contributed by atoms with Gasteiger partial charge in [-0.3, -0.25) is 8.98 Å². The lowest BCUT2D eigenvalue weighted by Gasteiger charge is -2.57. The highest BCUT2D eigenvalue weighted by Crippen LogP contribution is 2.67. The Balaban J connectivity index is 1.28. The molecule has 0 bridgehead atoms. The molecule has 3 fully saturated rings. The van der Waals surface area contributed by atoms with Gasteiger partial charge in [0.2, 0.25) is 0 Å². The average molecular weight is 497 g/mol. The number of aryl methyl sites for hydroxylation is 1. The number of hydrogen-bond acceptors (Lipinski definition) is 5. The molecule has 3 saturated carbocycles. The molecule has 7 atom stereocenters. The van der Waals surface area contributed by atoms with Crippen LogP contribution in [0.25, 0.3) is 0 Å². The van der Waals surface area contributed by atoms with Gasteiger partial charge < -0.3 is 4.74 Å². The summed E-state index contributed by atoms with van der Waals surface area (Å²) in [6.45, 7) is 5.18. The molecule has 6 heteroatoms. The summed E-state index contributed by atoms with van der Waals surface area (Å²) in [5.41, 5.74) is 2.13. The number of rotatable bonds is 4. The summed E-state index contributed by atoms with van der Waals surface area (Å²) in [5.74, 6) is 2.13. The van der Waals surface area contributed by atoms with E-state index in [4.69, 9.17) is 8.92 Å². The van der Waals surface area contributed by atoms with Crippen LogP contribution in [0.3, 0.4) is 0 Å². The second-order valence-electron chi connectivity index (χ2n) is 11.8. The molecular weight excluding hydrogens is 460 g/mol. The third-order valence-electron chi connectivity index (χ3n) is 10.2. The summed E-state index contributed by atoms with van der Waals surface area (Å²) in [7, 11) is -3.85. The van der Waals surface area contributed by atoms with Gasteiger partial charge >= 0.3 is 0 Å². The second-order valence-corrected chi connectivity index (χ2v) is 13.4. The zero-order valence-corrected chi connectivity index (χ0v) is 21.6. The van der Waals surface area contributed by atoms with Gasteiger partial charge in [0.25, 0.3) is 10.1 Å². The van der Waals surface area contributed by atoms with Crippen molar-refractivity contribution >= 4 is 15.9 Å². The van der Waals surface area contributed by atoms with Gasteiger partial charge in [0.1, 0.15) is 0 Å². The molecule has 1 heterocycles. The van der Waals surface area contributed by atoms with E-state index in [0.717, 1.165) is 49.7 Å². The summed E-state index contributed by atoms with van der Waals surface area (Å²) in [5, 5.41) is 0. The van der Waals surface area contributed by atoms with Gasteiger partial charge in [0.15, 0.2) is 5.78 Å². The highest BCUT2D eigenvalue weighted by atomic mass is 32.2. The van der Waals surface area contributed by atoms with Crippen molar-refractivity contribution in [3.63, 3.8) is 0 Å². The fourth-order valence-electron chi connectivity index (χ4n) is 8.47. The number of carbonyl (C=O) groups excluding carboxylic acids is 1. The number of ketones is 1. The normalized spacial score (nSPS) is 40.3. The third kappa shape index (κ3) is 3.70. The van der Waals surface area contributed by atoms with E-state index >= 15 is 0 Å². The molecule has 1 aromatic rings. The molecule has 1 spiro atoms. The Bertz CT molecular complexity index is 1180. The number of ether oxygens (including phenoxy) is 1. The van der Waals surface area contributed by atoms with Crippen LogP contribution in [0.1, 0.15) is 57.4 Å². The topological polar surface area (TPSA) is 69.7 Å². The first-order chi connectivity index (χ1) is 16.7. The molecule has 188 valence electrons. The van der Waals surface area contributed by atoms with E-state index in [0.29, 0.717) is 36.7 Å². The van der Waals surface area contributed by atoms with E-state index in [1.807, 2.05) is 13.0 Å². The molecular formula is C29H36O5S. The van der Waals surface area contributed by atoms with Crippen LogP contribution >= 0.6 is 0 Å². The fourth-order valence-corrected chi connectivity index (χ4v) is 9.42. The fraction of sp³-hybridized carbons (Fsp3) is 0.621. The minimum absolute atomic E-state index is 0.0374. The highest BCUT2D eigenvalue weighted by molar-refractivity contribution is 7.86. The lowest BCUT2D eigenvalue weighted by Crippen LogP contribution is -2.53. The van der Waals surface area contributed by atoms with E-state index in [-0.39, 0.29) is 34.2 Å². The molecule has 0 saturated heterocycles. The SMILES string of the molecule is Cc1ccc(S(=O)(=O)OC[C@@H]2CC3C(CC[C@@]4(C)C3CC[C@@]43C=CCO3)[C@H]3CCC(=O)C=C23)cc1. The largest absolute Gasteiger partial charge is 0.366 e. The van der Waals surface area contributed by atoms with Gasteiger partial charge in [-0.25, -0.2) is 0 Å². The molecule has 0 aromatic heterocycles. The van der Waals surface area contributed by atoms with Crippen molar-refractivity contribution in [3.8, 4) is 0 Å². The van der Waals surface area contributed by atoms with E-state index in [1.165, 1.54) is 0 Å². The Labute approximate surface area is 209 Å². The van der Waals surface area contributed by atoms with Gasteiger partial charge in [-0.2, -0.15) is 8.42 Å². The van der Waals surface area contributed by atoms with Crippen LogP contribution in [-0.4, -0.2) is 33.0 Å². The molecule has 1 aliphatic heterocycles. The molecule has 0 radical (unpaired) electrons. The van der Waals surface area contributed by atoms with Crippen molar-refractivity contribution in [2.45, 2.75) is 69.3 Å². The summed E-state index contributed by atoms with van der Waals surface area (Å²) >= 11 is 0. The second kappa shape index (κ2) is 8.39. The van der Waals surface area contributed by atoms with Crippen molar-refractivity contribution in [2.75, 3.05) is 13.2 Å². The average Bonchev–Trinajstić information content (AvgIpc) is 3.43. The summed E-state index contributed by atoms with van der Waals surface area (Å²) in [6, 6.07) is 6.79. The first kappa shape index (κ1) is 23.6. The summed E-state index contributed by atoms with van der Waals surface area (Å²) < 4.78 is 38.0. The summed E-state index contributed by atoms with van der Waals surface area (Å²) in [6.07, 6.45) is 13.3. The highest BCUT2D eigenvalue weighted by Gasteiger charge is 2.63. The Morgan fingerprint density at radius 2 is 1.89 bits per heavy atom. The molecule has 0 N–H and O–H groups in total. The van der Waals surface area contributed by atoms with Crippen molar-refractivity contribution in [1.82, 2.24) is 0 Å². The molecule has 5 aliphatic rings. The lowest BCUT2D eigenvalue weighted by atomic mass is 9.49. The van der Waals surface area contributed by atoms with Gasteiger partial charge in [-0.15, -0.1) is 0 Å². The Morgan fingerprint density at radius 3 is 2.63 bits per heavy atom. The number of hydrogen-bond donors (Lipinski definition) is 0. The predicted octanol–water partition coefficient (Wildman–Crippen LogP) is 5.39. The third-order valence-corrected chi connectivity index (χ3v) is 11.5. The molecule has 35 heavy (non-hydrogen) atoms. The predicted molar refractivity (Wildman–Crippen MR) is 133 cm³/mol. The zero-order chi connectivity index (χ0) is 24.4. The molecule has 3 unspecified atom stereocenters. The molecule has 1 aromatic carbocycles. The van der Waals surface area contributed by atoms with Gasteiger partial charge in [0.05, 0.1) is 23.7 Å². The Hall–Kier alpha value is -1.76. The first-order valence-corrected chi connectivity index (χ1v) is 14.7. The van der Waals surface area contributed by atoms with Crippen LogP contribution in [0.2, 0.25) is 0 Å². The first-order valence-electron chi connectivity index (χ1n) is 13.2. The zero-order valence-electron chi connectivity index (χ0n) is 20.7. The quantitative estimate of drug-likeness (QED) is 0.413. The van der Waals surface area contributed by atoms with Crippen LogP contribution in [0.4, 0.5) is 0 Å². The van der Waals surface area contributed by atoms with Gasteiger partial charge in [-0.1, -0.05) is 42.3 Å². The molecule has 4 aliphatic carbocycles. The standard InChI is InChI=1S/C29H36O5S/c1-19-4-7-22(8-5-19)35(31,32)34-18-20-16-26-24(23-9-6-21(30)17-25(20)23)10-13-28(2)27(26)11-14-29(28)12-3-15-33-29/h3-5,7-8,12,17,20,23-24,26-27H,6,9-11,13-16,18H2,1-2H3/t20-,23+,24?,26?,27?,28-,29-/m0/s1.